The maximum absolute atomic E-state index is 13.5. The van der Waals surface area contributed by atoms with Gasteiger partial charge in [-0.1, -0.05) is 13.8 Å². The monoisotopic (exact) mass is 406 g/mol. The van der Waals surface area contributed by atoms with Crippen molar-refractivity contribution in [3.05, 3.63) is 64.6 Å². The highest BCUT2D eigenvalue weighted by Crippen LogP contribution is 2.46. The minimum atomic E-state index is -0.417. The van der Waals surface area contributed by atoms with Crippen molar-refractivity contribution in [2.45, 2.75) is 33.2 Å². The van der Waals surface area contributed by atoms with Crippen molar-refractivity contribution < 1.29 is 14.3 Å². The number of rotatable bonds is 6. The Labute approximate surface area is 176 Å². The lowest BCUT2D eigenvalue weighted by Gasteiger charge is -2.27. The third kappa shape index (κ3) is 3.30. The van der Waals surface area contributed by atoms with Crippen LogP contribution in [-0.4, -0.2) is 35.3 Å². The number of carbonyl (C=O) groups is 1. The zero-order valence-electron chi connectivity index (χ0n) is 17.9. The zero-order valence-corrected chi connectivity index (χ0v) is 17.9. The van der Waals surface area contributed by atoms with Gasteiger partial charge in [0, 0.05) is 17.3 Å². The fraction of sp³-hybridized carbons (Fsp3) is 0.348. The smallest absolute Gasteiger partial charge is 0.278 e. The first kappa shape index (κ1) is 19.9. The number of fused-ring (bicyclic) bond motifs is 1. The minimum absolute atomic E-state index is 0.152. The van der Waals surface area contributed by atoms with E-state index < -0.39 is 6.04 Å². The molecule has 0 bridgehead atoms. The zero-order chi connectivity index (χ0) is 21.4. The Bertz CT molecular complexity index is 1090. The van der Waals surface area contributed by atoms with Crippen LogP contribution in [0.4, 0.5) is 5.82 Å². The van der Waals surface area contributed by atoms with Crippen molar-refractivity contribution in [3.8, 4) is 11.5 Å². The Balaban J connectivity index is 1.96. The van der Waals surface area contributed by atoms with Crippen molar-refractivity contribution in [2.75, 3.05) is 19.1 Å². The predicted octanol–water partition coefficient (Wildman–Crippen LogP) is 4.08. The van der Waals surface area contributed by atoms with E-state index in [1.165, 1.54) is 0 Å². The molecule has 0 spiro atoms. The van der Waals surface area contributed by atoms with E-state index in [-0.39, 0.29) is 5.91 Å². The number of ether oxygens (including phenoxy) is 2. The molecule has 1 aliphatic heterocycles. The summed E-state index contributed by atoms with van der Waals surface area (Å²) in [6.07, 6.45) is 2.48. The van der Waals surface area contributed by atoms with Gasteiger partial charge in [-0.15, -0.1) is 0 Å². The highest BCUT2D eigenvalue weighted by atomic mass is 16.5. The second kappa shape index (κ2) is 7.82. The number of benzene rings is 1. The SMILES string of the molecule is COc1ccc(OC)c(C2c3c(CC(C)C)n[nH]c3C(=O)N2c2cc(C)ccn2)c1. The first-order chi connectivity index (χ1) is 14.4. The summed E-state index contributed by atoms with van der Waals surface area (Å²) in [5.74, 6) is 2.20. The van der Waals surface area contributed by atoms with Gasteiger partial charge in [-0.3, -0.25) is 14.8 Å². The quantitative estimate of drug-likeness (QED) is 0.667. The van der Waals surface area contributed by atoms with Gasteiger partial charge in [-0.2, -0.15) is 5.10 Å². The van der Waals surface area contributed by atoms with Crippen LogP contribution in [0, 0.1) is 12.8 Å². The second-order valence-electron chi connectivity index (χ2n) is 7.93. The molecule has 1 unspecified atom stereocenters. The van der Waals surface area contributed by atoms with Gasteiger partial charge >= 0.3 is 0 Å². The summed E-state index contributed by atoms with van der Waals surface area (Å²) in [5.41, 5.74) is 4.13. The summed E-state index contributed by atoms with van der Waals surface area (Å²) in [4.78, 5) is 19.7. The van der Waals surface area contributed by atoms with Gasteiger partial charge in [0.2, 0.25) is 0 Å². The van der Waals surface area contributed by atoms with Crippen LogP contribution in [0.5, 0.6) is 11.5 Å². The standard InChI is InChI=1S/C23H26N4O3/c1-13(2)10-17-20-21(26-25-17)23(28)27(19-11-14(3)8-9-24-19)22(20)16-12-15(29-4)6-7-18(16)30-5/h6-9,11-13,22H,10H2,1-5H3,(H,25,26). The number of aromatic nitrogens is 3. The molecule has 1 aliphatic rings. The van der Waals surface area contributed by atoms with Gasteiger partial charge < -0.3 is 9.47 Å². The molecule has 3 heterocycles. The summed E-state index contributed by atoms with van der Waals surface area (Å²) in [7, 11) is 3.25. The average molecular weight is 406 g/mol. The number of aromatic amines is 1. The molecule has 0 fully saturated rings. The van der Waals surface area contributed by atoms with Crippen molar-refractivity contribution in [2.24, 2.45) is 5.92 Å². The van der Waals surface area contributed by atoms with E-state index in [1.807, 2.05) is 37.3 Å². The van der Waals surface area contributed by atoms with Crippen molar-refractivity contribution in [1.29, 1.82) is 0 Å². The van der Waals surface area contributed by atoms with Gasteiger partial charge in [0.1, 0.15) is 23.0 Å². The number of amides is 1. The number of nitrogens with one attached hydrogen (secondary N) is 1. The number of methoxy groups -OCH3 is 2. The number of pyridine rings is 1. The molecule has 4 rings (SSSR count). The summed E-state index contributed by atoms with van der Waals surface area (Å²) < 4.78 is 11.1. The molecule has 0 radical (unpaired) electrons. The van der Waals surface area contributed by atoms with E-state index in [9.17, 15) is 4.79 Å². The number of carbonyl (C=O) groups excluding carboxylic acids is 1. The largest absolute Gasteiger partial charge is 0.497 e. The average Bonchev–Trinajstić information content (AvgIpc) is 3.26. The number of nitrogens with zero attached hydrogens (tertiary/aromatic N) is 3. The Morgan fingerprint density at radius 3 is 2.63 bits per heavy atom. The Hall–Kier alpha value is -3.35. The number of hydrogen-bond donors (Lipinski definition) is 1. The number of hydrogen-bond acceptors (Lipinski definition) is 5. The maximum Gasteiger partial charge on any atom is 0.278 e. The van der Waals surface area contributed by atoms with Crippen LogP contribution >= 0.6 is 0 Å². The molecular weight excluding hydrogens is 380 g/mol. The fourth-order valence-corrected chi connectivity index (χ4v) is 3.99. The summed E-state index contributed by atoms with van der Waals surface area (Å²) in [5, 5.41) is 7.46. The molecule has 3 aromatic rings. The van der Waals surface area contributed by atoms with E-state index in [1.54, 1.807) is 25.3 Å². The van der Waals surface area contributed by atoms with E-state index in [4.69, 9.17) is 9.47 Å². The molecule has 2 aromatic heterocycles. The molecule has 7 nitrogen and oxygen atoms in total. The van der Waals surface area contributed by atoms with Crippen molar-refractivity contribution in [1.82, 2.24) is 15.2 Å². The molecule has 1 amide bonds. The number of H-pyrrole nitrogens is 1. The van der Waals surface area contributed by atoms with Crippen LogP contribution < -0.4 is 14.4 Å². The maximum atomic E-state index is 13.5. The Morgan fingerprint density at radius 2 is 1.97 bits per heavy atom. The Kier molecular flexibility index (Phi) is 5.20. The van der Waals surface area contributed by atoms with Crippen LogP contribution in [0.3, 0.4) is 0 Å². The van der Waals surface area contributed by atoms with Gasteiger partial charge in [0.15, 0.2) is 0 Å². The molecule has 0 saturated heterocycles. The van der Waals surface area contributed by atoms with Crippen molar-refractivity contribution in [3.63, 3.8) is 0 Å². The van der Waals surface area contributed by atoms with E-state index in [0.29, 0.717) is 28.9 Å². The van der Waals surface area contributed by atoms with Gasteiger partial charge in [-0.25, -0.2) is 4.98 Å². The molecule has 1 aromatic carbocycles. The van der Waals surface area contributed by atoms with Crippen LogP contribution in [0.1, 0.15) is 52.8 Å². The molecule has 0 aliphatic carbocycles. The first-order valence-electron chi connectivity index (χ1n) is 9.99. The second-order valence-corrected chi connectivity index (χ2v) is 7.93. The first-order valence-corrected chi connectivity index (χ1v) is 9.99. The van der Waals surface area contributed by atoms with Crippen molar-refractivity contribution >= 4 is 11.7 Å². The molecule has 30 heavy (non-hydrogen) atoms. The van der Waals surface area contributed by atoms with Crippen LogP contribution in [0.2, 0.25) is 0 Å². The third-order valence-corrected chi connectivity index (χ3v) is 5.33. The van der Waals surface area contributed by atoms with E-state index in [2.05, 4.69) is 29.0 Å². The van der Waals surface area contributed by atoms with E-state index in [0.717, 1.165) is 28.8 Å². The lowest BCUT2D eigenvalue weighted by Crippen LogP contribution is -2.30. The van der Waals surface area contributed by atoms with Crippen LogP contribution in [-0.2, 0) is 6.42 Å². The summed E-state index contributed by atoms with van der Waals surface area (Å²) in [6.45, 7) is 6.26. The third-order valence-electron chi connectivity index (χ3n) is 5.33. The minimum Gasteiger partial charge on any atom is -0.497 e. The lowest BCUT2D eigenvalue weighted by atomic mass is 9.94. The highest BCUT2D eigenvalue weighted by molar-refractivity contribution is 6.10. The van der Waals surface area contributed by atoms with Crippen LogP contribution in [0.15, 0.2) is 36.5 Å². The predicted molar refractivity (Wildman–Crippen MR) is 114 cm³/mol. The van der Waals surface area contributed by atoms with Gasteiger partial charge in [0.05, 0.1) is 26.0 Å². The van der Waals surface area contributed by atoms with Gasteiger partial charge in [-0.05, 0) is 55.2 Å². The summed E-state index contributed by atoms with van der Waals surface area (Å²) in [6, 6.07) is 9.04. The fourth-order valence-electron chi connectivity index (χ4n) is 3.99. The molecular formula is C23H26N4O3. The van der Waals surface area contributed by atoms with Gasteiger partial charge in [0.25, 0.3) is 5.91 Å². The van der Waals surface area contributed by atoms with E-state index >= 15 is 0 Å². The topological polar surface area (TPSA) is 80.3 Å². The van der Waals surface area contributed by atoms with Crippen LogP contribution in [0.25, 0.3) is 0 Å². The molecule has 156 valence electrons. The molecule has 7 heteroatoms. The summed E-state index contributed by atoms with van der Waals surface area (Å²) >= 11 is 0. The number of aryl methyl sites for hydroxylation is 1. The highest BCUT2D eigenvalue weighted by Gasteiger charge is 2.44. The number of anilines is 1. The molecule has 1 atom stereocenters. The molecule has 1 N–H and O–H groups in total. The lowest BCUT2D eigenvalue weighted by molar-refractivity contribution is 0.0988. The molecule has 0 saturated carbocycles. The Morgan fingerprint density at radius 1 is 1.17 bits per heavy atom. The normalized spacial score (nSPS) is 15.6.